The SMILES string of the molecule is Cc1ccc(C)c(-c2ncccc2C(=O)O)c1. The molecule has 0 aliphatic heterocycles. The lowest BCUT2D eigenvalue weighted by atomic mass is 9.99. The van der Waals surface area contributed by atoms with Crippen LogP contribution in [0.15, 0.2) is 36.5 Å². The van der Waals surface area contributed by atoms with Crippen LogP contribution in [-0.2, 0) is 0 Å². The fourth-order valence-electron chi connectivity index (χ4n) is 1.78. The molecule has 2 aromatic rings. The van der Waals surface area contributed by atoms with E-state index in [0.29, 0.717) is 5.69 Å². The fourth-order valence-corrected chi connectivity index (χ4v) is 1.78. The maximum absolute atomic E-state index is 11.2. The first-order valence-electron chi connectivity index (χ1n) is 5.35. The standard InChI is InChI=1S/C14H13NO2/c1-9-5-6-10(2)12(8-9)13-11(14(16)17)4-3-7-15-13/h3-8H,1-2H3,(H,16,17). The summed E-state index contributed by atoms with van der Waals surface area (Å²) < 4.78 is 0. The Morgan fingerprint density at radius 2 is 2.00 bits per heavy atom. The number of aromatic carboxylic acids is 1. The highest BCUT2D eigenvalue weighted by atomic mass is 16.4. The average molecular weight is 227 g/mol. The van der Waals surface area contributed by atoms with Crippen LogP contribution < -0.4 is 0 Å². The molecule has 0 saturated heterocycles. The van der Waals surface area contributed by atoms with E-state index in [9.17, 15) is 4.79 Å². The molecule has 3 heteroatoms. The van der Waals surface area contributed by atoms with Crippen LogP contribution in [0.2, 0.25) is 0 Å². The van der Waals surface area contributed by atoms with Crippen LogP contribution in [0, 0.1) is 13.8 Å². The lowest BCUT2D eigenvalue weighted by molar-refractivity contribution is 0.0697. The molecule has 0 amide bonds. The fraction of sp³-hybridized carbons (Fsp3) is 0.143. The van der Waals surface area contributed by atoms with Crippen molar-refractivity contribution in [2.24, 2.45) is 0 Å². The van der Waals surface area contributed by atoms with Gasteiger partial charge in [-0.3, -0.25) is 4.98 Å². The minimum Gasteiger partial charge on any atom is -0.478 e. The third-order valence-corrected chi connectivity index (χ3v) is 2.69. The minimum absolute atomic E-state index is 0.237. The zero-order chi connectivity index (χ0) is 12.4. The van der Waals surface area contributed by atoms with Gasteiger partial charge in [0, 0.05) is 11.8 Å². The summed E-state index contributed by atoms with van der Waals surface area (Å²) in [4.78, 5) is 15.3. The van der Waals surface area contributed by atoms with Crippen molar-refractivity contribution in [3.05, 3.63) is 53.2 Å². The van der Waals surface area contributed by atoms with Crippen LogP contribution >= 0.6 is 0 Å². The molecule has 2 rings (SSSR count). The van der Waals surface area contributed by atoms with Crippen molar-refractivity contribution in [1.29, 1.82) is 0 Å². The molecule has 3 nitrogen and oxygen atoms in total. The molecule has 1 heterocycles. The molecule has 17 heavy (non-hydrogen) atoms. The Hall–Kier alpha value is -2.16. The van der Waals surface area contributed by atoms with Gasteiger partial charge in [-0.05, 0) is 37.6 Å². The third kappa shape index (κ3) is 2.18. The summed E-state index contributed by atoms with van der Waals surface area (Å²) in [5, 5.41) is 9.15. The summed E-state index contributed by atoms with van der Waals surface area (Å²) in [5.74, 6) is -0.950. The summed E-state index contributed by atoms with van der Waals surface area (Å²) in [6, 6.07) is 9.15. The number of rotatable bonds is 2. The van der Waals surface area contributed by atoms with E-state index in [1.165, 1.54) is 0 Å². The van der Waals surface area contributed by atoms with E-state index in [-0.39, 0.29) is 5.56 Å². The van der Waals surface area contributed by atoms with Crippen LogP contribution in [0.1, 0.15) is 21.5 Å². The molecular weight excluding hydrogens is 214 g/mol. The van der Waals surface area contributed by atoms with Crippen LogP contribution in [0.4, 0.5) is 0 Å². The Balaban J connectivity index is 2.68. The lowest BCUT2D eigenvalue weighted by Crippen LogP contribution is -2.02. The maximum atomic E-state index is 11.2. The number of aromatic nitrogens is 1. The highest BCUT2D eigenvalue weighted by molar-refractivity contribution is 5.95. The molecule has 0 bridgehead atoms. The molecule has 0 fully saturated rings. The molecule has 0 spiro atoms. The van der Waals surface area contributed by atoms with Gasteiger partial charge in [0.15, 0.2) is 0 Å². The van der Waals surface area contributed by atoms with Gasteiger partial charge in [0.2, 0.25) is 0 Å². The van der Waals surface area contributed by atoms with Gasteiger partial charge in [0.1, 0.15) is 0 Å². The summed E-state index contributed by atoms with van der Waals surface area (Å²) >= 11 is 0. The molecule has 0 unspecified atom stereocenters. The molecule has 0 aliphatic carbocycles. The number of pyridine rings is 1. The Kier molecular flexibility index (Phi) is 2.91. The molecular formula is C14H13NO2. The van der Waals surface area contributed by atoms with Crippen molar-refractivity contribution in [2.75, 3.05) is 0 Å². The van der Waals surface area contributed by atoms with Crippen LogP contribution in [-0.4, -0.2) is 16.1 Å². The molecule has 0 saturated carbocycles. The van der Waals surface area contributed by atoms with E-state index < -0.39 is 5.97 Å². The number of carboxylic acids is 1. The van der Waals surface area contributed by atoms with E-state index in [4.69, 9.17) is 5.11 Å². The highest BCUT2D eigenvalue weighted by Crippen LogP contribution is 2.25. The summed E-state index contributed by atoms with van der Waals surface area (Å²) in [6.45, 7) is 3.93. The molecule has 1 N–H and O–H groups in total. The van der Waals surface area contributed by atoms with Crippen molar-refractivity contribution in [2.45, 2.75) is 13.8 Å². The highest BCUT2D eigenvalue weighted by Gasteiger charge is 2.13. The first-order valence-corrected chi connectivity index (χ1v) is 5.35. The van der Waals surface area contributed by atoms with E-state index >= 15 is 0 Å². The second kappa shape index (κ2) is 4.37. The summed E-state index contributed by atoms with van der Waals surface area (Å²) in [7, 11) is 0. The lowest BCUT2D eigenvalue weighted by Gasteiger charge is -2.09. The normalized spacial score (nSPS) is 10.2. The molecule has 0 atom stereocenters. The number of benzene rings is 1. The van der Waals surface area contributed by atoms with Gasteiger partial charge < -0.3 is 5.11 Å². The molecule has 0 radical (unpaired) electrons. The summed E-state index contributed by atoms with van der Waals surface area (Å²) in [6.07, 6.45) is 1.61. The molecule has 1 aromatic heterocycles. The molecule has 1 aromatic carbocycles. The minimum atomic E-state index is -0.950. The maximum Gasteiger partial charge on any atom is 0.337 e. The van der Waals surface area contributed by atoms with Crippen LogP contribution in [0.25, 0.3) is 11.3 Å². The average Bonchev–Trinajstić information content (AvgIpc) is 2.32. The van der Waals surface area contributed by atoms with Gasteiger partial charge in [0.25, 0.3) is 0 Å². The number of carboxylic acid groups (broad SMARTS) is 1. The third-order valence-electron chi connectivity index (χ3n) is 2.69. The van der Waals surface area contributed by atoms with Crippen molar-refractivity contribution in [1.82, 2.24) is 4.98 Å². The Bertz CT molecular complexity index is 576. The smallest absolute Gasteiger partial charge is 0.337 e. The quantitative estimate of drug-likeness (QED) is 0.857. The largest absolute Gasteiger partial charge is 0.478 e. The van der Waals surface area contributed by atoms with E-state index in [1.54, 1.807) is 18.3 Å². The summed E-state index contributed by atoms with van der Waals surface area (Å²) in [5.41, 5.74) is 3.76. The topological polar surface area (TPSA) is 50.2 Å². The van der Waals surface area contributed by atoms with E-state index in [0.717, 1.165) is 16.7 Å². The van der Waals surface area contributed by atoms with Gasteiger partial charge in [-0.1, -0.05) is 17.7 Å². The van der Waals surface area contributed by atoms with E-state index in [1.807, 2.05) is 32.0 Å². The number of aryl methyl sites for hydroxylation is 2. The number of nitrogens with zero attached hydrogens (tertiary/aromatic N) is 1. The first-order chi connectivity index (χ1) is 8.09. The number of hydrogen-bond donors (Lipinski definition) is 1. The van der Waals surface area contributed by atoms with Crippen molar-refractivity contribution >= 4 is 5.97 Å². The number of carbonyl (C=O) groups is 1. The Labute approximate surface area is 99.8 Å². The van der Waals surface area contributed by atoms with E-state index in [2.05, 4.69) is 4.98 Å². The second-order valence-electron chi connectivity index (χ2n) is 4.02. The zero-order valence-corrected chi connectivity index (χ0v) is 9.77. The Morgan fingerprint density at radius 3 is 2.71 bits per heavy atom. The number of hydrogen-bond acceptors (Lipinski definition) is 2. The van der Waals surface area contributed by atoms with Gasteiger partial charge in [-0.15, -0.1) is 0 Å². The van der Waals surface area contributed by atoms with Crippen molar-refractivity contribution in [3.63, 3.8) is 0 Å². The van der Waals surface area contributed by atoms with Crippen molar-refractivity contribution in [3.8, 4) is 11.3 Å². The van der Waals surface area contributed by atoms with Crippen LogP contribution in [0.3, 0.4) is 0 Å². The van der Waals surface area contributed by atoms with Crippen molar-refractivity contribution < 1.29 is 9.90 Å². The second-order valence-corrected chi connectivity index (χ2v) is 4.02. The van der Waals surface area contributed by atoms with Gasteiger partial charge in [-0.2, -0.15) is 0 Å². The predicted molar refractivity (Wildman–Crippen MR) is 66.1 cm³/mol. The monoisotopic (exact) mass is 227 g/mol. The molecule has 86 valence electrons. The molecule has 0 aliphatic rings. The van der Waals surface area contributed by atoms with Crippen LogP contribution in [0.5, 0.6) is 0 Å². The Morgan fingerprint density at radius 1 is 1.24 bits per heavy atom. The zero-order valence-electron chi connectivity index (χ0n) is 9.77. The first kappa shape index (κ1) is 11.3. The van der Waals surface area contributed by atoms with Gasteiger partial charge in [-0.25, -0.2) is 4.79 Å². The van der Waals surface area contributed by atoms with Gasteiger partial charge in [0.05, 0.1) is 11.3 Å². The van der Waals surface area contributed by atoms with Gasteiger partial charge >= 0.3 is 5.97 Å². The predicted octanol–water partition coefficient (Wildman–Crippen LogP) is 3.06.